The zero-order chi connectivity index (χ0) is 15.2. The molecule has 0 saturated carbocycles. The second-order valence-corrected chi connectivity index (χ2v) is 4.28. The molecule has 0 rings (SSSR count). The van der Waals surface area contributed by atoms with Gasteiger partial charge in [0.2, 0.25) is 0 Å². The van der Waals surface area contributed by atoms with Gasteiger partial charge in [0, 0.05) is 18.0 Å². The van der Waals surface area contributed by atoms with Crippen LogP contribution in [0.5, 0.6) is 0 Å². The molecule has 0 radical (unpaired) electrons. The van der Waals surface area contributed by atoms with Crippen molar-refractivity contribution in [1.82, 2.24) is 4.90 Å². The maximum Gasteiger partial charge on any atom is 0.457 e. The summed E-state index contributed by atoms with van der Waals surface area (Å²) in [6.07, 6.45) is -4.64. The quantitative estimate of drug-likeness (QED) is 0.449. The van der Waals surface area contributed by atoms with E-state index in [0.717, 1.165) is 5.92 Å². The van der Waals surface area contributed by atoms with Gasteiger partial charge < -0.3 is 9.64 Å². The zero-order valence-corrected chi connectivity index (χ0v) is 11.2. The minimum absolute atomic E-state index is 0.221. The van der Waals surface area contributed by atoms with E-state index < -0.39 is 24.7 Å². The van der Waals surface area contributed by atoms with Crippen LogP contribution in [-0.4, -0.2) is 41.6 Å². The third-order valence-electron chi connectivity index (χ3n) is 2.03. The maximum atomic E-state index is 11.7. The lowest BCUT2D eigenvalue weighted by Gasteiger charge is -2.29. The van der Waals surface area contributed by atoms with Crippen molar-refractivity contribution in [2.75, 3.05) is 6.61 Å². The van der Waals surface area contributed by atoms with Crippen molar-refractivity contribution in [1.29, 1.82) is 0 Å². The first-order valence-electron chi connectivity index (χ1n) is 5.62. The summed E-state index contributed by atoms with van der Waals surface area (Å²) in [6.45, 7) is 6.10. The molecule has 0 saturated heterocycles. The number of esters is 1. The van der Waals surface area contributed by atoms with Gasteiger partial charge in [0.15, 0.2) is 6.61 Å². The Morgan fingerprint density at radius 1 is 1.16 bits per heavy atom. The van der Waals surface area contributed by atoms with Crippen molar-refractivity contribution >= 4 is 11.9 Å². The van der Waals surface area contributed by atoms with Gasteiger partial charge in [-0.1, -0.05) is 5.92 Å². The van der Waals surface area contributed by atoms with E-state index in [9.17, 15) is 22.8 Å². The highest BCUT2D eigenvalue weighted by Gasteiger charge is 2.27. The van der Waals surface area contributed by atoms with Crippen LogP contribution in [0.4, 0.5) is 13.2 Å². The predicted octanol–water partition coefficient (Wildman–Crippen LogP) is 1.74. The fourth-order valence-electron chi connectivity index (χ4n) is 1.47. The van der Waals surface area contributed by atoms with Crippen molar-refractivity contribution in [2.24, 2.45) is 0 Å². The molecule has 0 aromatic heterocycles. The second kappa shape index (κ2) is 7.02. The van der Waals surface area contributed by atoms with Crippen LogP contribution in [-0.2, 0) is 14.3 Å². The van der Waals surface area contributed by atoms with Gasteiger partial charge in [-0.05, 0) is 27.7 Å². The van der Waals surface area contributed by atoms with Gasteiger partial charge in [0.1, 0.15) is 0 Å². The first-order valence-corrected chi connectivity index (χ1v) is 5.62. The Labute approximate surface area is 109 Å². The van der Waals surface area contributed by atoms with E-state index >= 15 is 0 Å². The van der Waals surface area contributed by atoms with E-state index in [1.165, 1.54) is 4.90 Å². The van der Waals surface area contributed by atoms with Crippen LogP contribution in [0.25, 0.3) is 0 Å². The Balaban J connectivity index is 4.50. The van der Waals surface area contributed by atoms with Gasteiger partial charge in [-0.2, -0.15) is 13.2 Å². The number of carbonyl (C=O) groups is 2. The summed E-state index contributed by atoms with van der Waals surface area (Å²) in [5, 5.41) is 0. The number of alkyl halides is 3. The van der Waals surface area contributed by atoms with Crippen LogP contribution >= 0.6 is 0 Å². The molecule has 0 aromatic carbocycles. The average Bonchev–Trinajstić information content (AvgIpc) is 2.21. The van der Waals surface area contributed by atoms with Crippen LogP contribution < -0.4 is 0 Å². The Kier molecular flexibility index (Phi) is 6.39. The second-order valence-electron chi connectivity index (χ2n) is 4.28. The first-order chi connectivity index (χ1) is 8.56. The van der Waals surface area contributed by atoms with Gasteiger partial charge in [0.25, 0.3) is 0 Å². The molecule has 0 aliphatic carbocycles. The number of ether oxygens (including phenoxy) is 1. The fraction of sp³-hybridized carbons (Fsp3) is 0.667. The Hall–Kier alpha value is -1.71. The molecule has 1 amide bonds. The highest BCUT2D eigenvalue weighted by Crippen LogP contribution is 2.11. The highest BCUT2D eigenvalue weighted by atomic mass is 19.4. The van der Waals surface area contributed by atoms with Crippen molar-refractivity contribution < 1.29 is 27.5 Å². The van der Waals surface area contributed by atoms with E-state index in [1.54, 1.807) is 33.6 Å². The molecule has 4 nitrogen and oxygen atoms in total. The zero-order valence-electron chi connectivity index (χ0n) is 11.2. The molecule has 0 spiro atoms. The number of hydrogen-bond donors (Lipinski definition) is 0. The third kappa shape index (κ3) is 6.70. The van der Waals surface area contributed by atoms with Crippen LogP contribution in [0.15, 0.2) is 0 Å². The molecule has 0 aromatic rings. The lowest BCUT2D eigenvalue weighted by molar-refractivity contribution is -0.161. The Morgan fingerprint density at radius 2 is 1.63 bits per heavy atom. The fourth-order valence-corrected chi connectivity index (χ4v) is 1.47. The predicted molar refractivity (Wildman–Crippen MR) is 61.9 cm³/mol. The van der Waals surface area contributed by atoms with E-state index in [2.05, 4.69) is 4.74 Å². The Bertz CT molecular complexity index is 383. The SMILES string of the molecule is CC(C)N(C(=O)C(=O)OCC#CC(F)(F)F)C(C)C. The lowest BCUT2D eigenvalue weighted by atomic mass is 10.2. The molecule has 108 valence electrons. The van der Waals surface area contributed by atoms with Crippen LogP contribution in [0, 0.1) is 11.8 Å². The highest BCUT2D eigenvalue weighted by molar-refractivity contribution is 6.32. The van der Waals surface area contributed by atoms with Gasteiger partial charge >= 0.3 is 18.1 Å². The van der Waals surface area contributed by atoms with Crippen LogP contribution in [0.1, 0.15) is 27.7 Å². The third-order valence-corrected chi connectivity index (χ3v) is 2.03. The molecular formula is C12H16F3NO3. The van der Waals surface area contributed by atoms with Crippen molar-refractivity contribution in [3.05, 3.63) is 0 Å². The summed E-state index contributed by atoms with van der Waals surface area (Å²) in [4.78, 5) is 24.3. The molecule has 7 heteroatoms. The number of halogens is 3. The average molecular weight is 279 g/mol. The molecule has 0 aliphatic heterocycles. The summed E-state index contributed by atoms with van der Waals surface area (Å²) in [7, 11) is 0. The smallest absolute Gasteiger partial charge is 0.445 e. The van der Waals surface area contributed by atoms with E-state index in [4.69, 9.17) is 0 Å². The number of nitrogens with zero attached hydrogens (tertiary/aromatic N) is 1. The molecule has 0 heterocycles. The molecular weight excluding hydrogens is 263 g/mol. The molecule has 0 unspecified atom stereocenters. The van der Waals surface area contributed by atoms with Crippen molar-refractivity contribution in [2.45, 2.75) is 46.0 Å². The van der Waals surface area contributed by atoms with Gasteiger partial charge in [0.05, 0.1) is 0 Å². The topological polar surface area (TPSA) is 46.6 Å². The number of hydrogen-bond acceptors (Lipinski definition) is 3. The summed E-state index contributed by atoms with van der Waals surface area (Å²) < 4.78 is 39.4. The summed E-state index contributed by atoms with van der Waals surface area (Å²) >= 11 is 0. The van der Waals surface area contributed by atoms with E-state index in [-0.39, 0.29) is 12.1 Å². The largest absolute Gasteiger partial charge is 0.457 e. The minimum atomic E-state index is -4.64. The van der Waals surface area contributed by atoms with Gasteiger partial charge in [-0.15, -0.1) is 0 Å². The normalized spacial score (nSPS) is 11.0. The van der Waals surface area contributed by atoms with Crippen LogP contribution in [0.3, 0.4) is 0 Å². The monoisotopic (exact) mass is 279 g/mol. The Morgan fingerprint density at radius 3 is 2.00 bits per heavy atom. The molecule has 0 aliphatic rings. The molecule has 0 atom stereocenters. The number of amides is 1. The number of carbonyl (C=O) groups excluding carboxylic acids is 2. The van der Waals surface area contributed by atoms with E-state index in [1.807, 2.05) is 0 Å². The van der Waals surface area contributed by atoms with Crippen molar-refractivity contribution in [3.8, 4) is 11.8 Å². The molecule has 19 heavy (non-hydrogen) atoms. The first kappa shape index (κ1) is 17.3. The maximum absolute atomic E-state index is 11.7. The standard InChI is InChI=1S/C12H16F3NO3/c1-8(2)16(9(3)4)10(17)11(18)19-7-5-6-12(13,14)15/h8-9H,7H2,1-4H3. The van der Waals surface area contributed by atoms with Crippen molar-refractivity contribution in [3.63, 3.8) is 0 Å². The summed E-state index contributed by atoms with van der Waals surface area (Å²) in [5.41, 5.74) is 0. The molecule has 0 fully saturated rings. The molecule has 0 bridgehead atoms. The van der Waals surface area contributed by atoms with E-state index in [0.29, 0.717) is 0 Å². The molecule has 0 N–H and O–H groups in total. The lowest BCUT2D eigenvalue weighted by Crippen LogP contribution is -2.46. The summed E-state index contributed by atoms with van der Waals surface area (Å²) in [6, 6.07) is -0.442. The summed E-state index contributed by atoms with van der Waals surface area (Å²) in [5.74, 6) is 0.459. The van der Waals surface area contributed by atoms with Gasteiger partial charge in [-0.25, -0.2) is 4.79 Å². The van der Waals surface area contributed by atoms with Crippen LogP contribution in [0.2, 0.25) is 0 Å². The number of rotatable bonds is 3. The minimum Gasteiger partial charge on any atom is -0.445 e. The van der Waals surface area contributed by atoms with Gasteiger partial charge in [-0.3, -0.25) is 4.79 Å².